The first-order chi connectivity index (χ1) is 10.4. The van der Waals surface area contributed by atoms with Crippen molar-refractivity contribution in [2.45, 2.75) is 103 Å². The highest BCUT2D eigenvalue weighted by Gasteiger charge is 2.22. The average molecular weight is 295 g/mol. The van der Waals surface area contributed by atoms with E-state index in [-0.39, 0.29) is 0 Å². The Morgan fingerprint density at radius 1 is 0.857 bits per heavy atom. The molecule has 0 saturated carbocycles. The van der Waals surface area contributed by atoms with Crippen LogP contribution in [-0.2, 0) is 0 Å². The van der Waals surface area contributed by atoms with E-state index in [2.05, 4.69) is 25.3 Å². The molecule has 0 spiro atoms. The summed E-state index contributed by atoms with van der Waals surface area (Å²) in [5, 5.41) is 6.50. The number of unbranched alkanes of at least 4 members (excludes halogenated alkanes) is 8. The molecule has 0 bridgehead atoms. The minimum atomic E-state index is 0.935. The molecule has 2 heteroatoms. The second-order valence-corrected chi connectivity index (χ2v) is 6.45. The van der Waals surface area contributed by atoms with Crippen LogP contribution in [0.3, 0.4) is 0 Å². The molecule has 0 aromatic carbocycles. The minimum Gasteiger partial charge on any atom is -0.300 e. The zero-order valence-electron chi connectivity index (χ0n) is 14.7. The standard InChI is InChI=1S/C18H37N.CHN/c1-3-5-7-8-9-10-11-12-16-19-17-13-15-18(19)14-6-4-2;1-2/h18H,3-17H2,1-2H3;1H. The number of likely N-dealkylation sites (tertiary alicyclic amines) is 1. The van der Waals surface area contributed by atoms with Crippen molar-refractivity contribution in [2.24, 2.45) is 0 Å². The van der Waals surface area contributed by atoms with Gasteiger partial charge in [-0.15, -0.1) is 0 Å². The van der Waals surface area contributed by atoms with Gasteiger partial charge in [0.1, 0.15) is 0 Å². The van der Waals surface area contributed by atoms with Crippen molar-refractivity contribution in [3.8, 4) is 6.57 Å². The van der Waals surface area contributed by atoms with Crippen molar-refractivity contribution in [3.63, 3.8) is 0 Å². The van der Waals surface area contributed by atoms with Gasteiger partial charge in [0.15, 0.2) is 0 Å². The van der Waals surface area contributed by atoms with Gasteiger partial charge in [0.05, 0.1) is 0 Å². The average Bonchev–Trinajstić information content (AvgIpc) is 2.97. The molecule has 1 heterocycles. The second-order valence-electron chi connectivity index (χ2n) is 6.45. The van der Waals surface area contributed by atoms with Crippen molar-refractivity contribution in [1.82, 2.24) is 4.90 Å². The fraction of sp³-hybridized carbons (Fsp3) is 0.947. The predicted octanol–water partition coefficient (Wildman–Crippen LogP) is 5.92. The molecule has 1 rings (SSSR count). The third-order valence-corrected chi connectivity index (χ3v) is 4.69. The summed E-state index contributed by atoms with van der Waals surface area (Å²) in [6, 6.07) is 0.935. The topological polar surface area (TPSA) is 27.0 Å². The van der Waals surface area contributed by atoms with Crippen LogP contribution in [0, 0.1) is 11.8 Å². The van der Waals surface area contributed by atoms with Gasteiger partial charge in [-0.05, 0) is 38.8 Å². The Morgan fingerprint density at radius 3 is 2.05 bits per heavy atom. The highest BCUT2D eigenvalue weighted by atomic mass is 15.2. The quantitative estimate of drug-likeness (QED) is 0.418. The fourth-order valence-electron chi connectivity index (χ4n) is 3.40. The molecular weight excluding hydrogens is 256 g/mol. The lowest BCUT2D eigenvalue weighted by Crippen LogP contribution is -2.30. The van der Waals surface area contributed by atoms with E-state index in [9.17, 15) is 0 Å². The Bertz CT molecular complexity index is 225. The Labute approximate surface area is 133 Å². The monoisotopic (exact) mass is 294 g/mol. The highest BCUT2D eigenvalue weighted by Crippen LogP contribution is 2.22. The molecule has 1 unspecified atom stereocenters. The van der Waals surface area contributed by atoms with Crippen molar-refractivity contribution < 1.29 is 0 Å². The zero-order chi connectivity index (χ0) is 15.8. The fourth-order valence-corrected chi connectivity index (χ4v) is 3.40. The smallest absolute Gasteiger partial charge is 0.0462 e. The molecule has 0 aromatic rings. The van der Waals surface area contributed by atoms with E-state index in [1.54, 1.807) is 0 Å². The van der Waals surface area contributed by atoms with Crippen LogP contribution in [0.2, 0.25) is 0 Å². The number of hydrogen-bond donors (Lipinski definition) is 0. The predicted molar refractivity (Wildman–Crippen MR) is 93.4 cm³/mol. The zero-order valence-corrected chi connectivity index (χ0v) is 14.7. The van der Waals surface area contributed by atoms with E-state index in [4.69, 9.17) is 5.26 Å². The molecule has 1 atom stereocenters. The summed E-state index contributed by atoms with van der Waals surface area (Å²) in [4.78, 5) is 2.78. The lowest BCUT2D eigenvalue weighted by Gasteiger charge is -2.24. The van der Waals surface area contributed by atoms with Gasteiger partial charge in [-0.25, -0.2) is 5.26 Å². The van der Waals surface area contributed by atoms with Gasteiger partial charge in [-0.3, -0.25) is 0 Å². The number of hydrogen-bond acceptors (Lipinski definition) is 2. The molecule has 0 aromatic heterocycles. The first kappa shape index (κ1) is 20.5. The van der Waals surface area contributed by atoms with E-state index in [1.165, 1.54) is 96.6 Å². The van der Waals surface area contributed by atoms with Crippen molar-refractivity contribution in [2.75, 3.05) is 13.1 Å². The maximum absolute atomic E-state index is 6.50. The Balaban J connectivity index is 0.00000191. The second kappa shape index (κ2) is 15.8. The number of nitriles is 1. The van der Waals surface area contributed by atoms with Gasteiger partial charge in [-0.2, -0.15) is 0 Å². The number of rotatable bonds is 12. The molecular formula is C19H38N2. The molecule has 0 N–H and O–H groups in total. The van der Waals surface area contributed by atoms with Crippen LogP contribution >= 0.6 is 0 Å². The Kier molecular flexibility index (Phi) is 15.4. The first-order valence-corrected chi connectivity index (χ1v) is 9.38. The summed E-state index contributed by atoms with van der Waals surface area (Å²) >= 11 is 0. The third kappa shape index (κ3) is 10.8. The van der Waals surface area contributed by atoms with E-state index in [1.807, 2.05) is 0 Å². The van der Waals surface area contributed by atoms with E-state index < -0.39 is 0 Å². The molecule has 0 aliphatic carbocycles. The molecule has 0 amide bonds. The SMILES string of the molecule is C#N.CCCCCCCCCCN1CCCC1CCCC. The normalized spacial score (nSPS) is 18.4. The largest absolute Gasteiger partial charge is 0.300 e. The lowest BCUT2D eigenvalue weighted by atomic mass is 10.1. The van der Waals surface area contributed by atoms with Crippen molar-refractivity contribution in [3.05, 3.63) is 0 Å². The van der Waals surface area contributed by atoms with Gasteiger partial charge >= 0.3 is 0 Å². The van der Waals surface area contributed by atoms with Crippen LogP contribution in [0.1, 0.15) is 97.3 Å². The number of nitrogens with zero attached hydrogens (tertiary/aromatic N) is 2. The van der Waals surface area contributed by atoms with Crippen LogP contribution in [-0.4, -0.2) is 24.0 Å². The molecule has 0 radical (unpaired) electrons. The van der Waals surface area contributed by atoms with Gasteiger partial charge in [0.2, 0.25) is 0 Å². The summed E-state index contributed by atoms with van der Waals surface area (Å²) in [6.45, 7) is 10.9. The van der Waals surface area contributed by atoms with Gasteiger partial charge in [0, 0.05) is 12.6 Å². The summed E-state index contributed by atoms with van der Waals surface area (Å²) in [6.07, 6.45) is 18.7. The Hall–Kier alpha value is -0.550. The molecule has 1 fully saturated rings. The molecule has 124 valence electrons. The van der Waals surface area contributed by atoms with Gasteiger partial charge in [-0.1, -0.05) is 71.6 Å². The summed E-state index contributed by atoms with van der Waals surface area (Å²) < 4.78 is 0. The lowest BCUT2D eigenvalue weighted by molar-refractivity contribution is 0.234. The van der Waals surface area contributed by atoms with Crippen LogP contribution in [0.15, 0.2) is 0 Å². The molecule has 21 heavy (non-hydrogen) atoms. The first-order valence-electron chi connectivity index (χ1n) is 9.38. The van der Waals surface area contributed by atoms with Crippen molar-refractivity contribution in [1.29, 1.82) is 5.26 Å². The molecule has 1 aliphatic rings. The van der Waals surface area contributed by atoms with Crippen LogP contribution in [0.25, 0.3) is 0 Å². The summed E-state index contributed by atoms with van der Waals surface area (Å²) in [7, 11) is 0. The summed E-state index contributed by atoms with van der Waals surface area (Å²) in [5.74, 6) is 0. The van der Waals surface area contributed by atoms with E-state index in [0.717, 1.165) is 6.04 Å². The summed E-state index contributed by atoms with van der Waals surface area (Å²) in [5.41, 5.74) is 0. The van der Waals surface area contributed by atoms with Crippen molar-refractivity contribution >= 4 is 0 Å². The Morgan fingerprint density at radius 2 is 1.43 bits per heavy atom. The minimum absolute atomic E-state index is 0.935. The van der Waals surface area contributed by atoms with Crippen LogP contribution in [0.4, 0.5) is 0 Å². The maximum Gasteiger partial charge on any atom is 0.0462 e. The molecule has 1 aliphatic heterocycles. The van der Waals surface area contributed by atoms with Gasteiger partial charge < -0.3 is 4.90 Å². The van der Waals surface area contributed by atoms with Crippen LogP contribution in [0.5, 0.6) is 0 Å². The molecule has 2 nitrogen and oxygen atoms in total. The molecule has 1 saturated heterocycles. The highest BCUT2D eigenvalue weighted by molar-refractivity contribution is 4.78. The van der Waals surface area contributed by atoms with Crippen LogP contribution < -0.4 is 0 Å². The van der Waals surface area contributed by atoms with E-state index in [0.29, 0.717) is 0 Å². The van der Waals surface area contributed by atoms with Gasteiger partial charge in [0.25, 0.3) is 0 Å². The third-order valence-electron chi connectivity index (χ3n) is 4.69. The maximum atomic E-state index is 6.50. The van der Waals surface area contributed by atoms with E-state index >= 15 is 0 Å².